The molecule has 0 heterocycles. The van der Waals surface area contributed by atoms with Gasteiger partial charge in [0.2, 0.25) is 0 Å². The molecule has 39 heavy (non-hydrogen) atoms. The van der Waals surface area contributed by atoms with Crippen LogP contribution in [-0.2, 0) is 4.43 Å². The van der Waals surface area contributed by atoms with E-state index >= 15 is 0 Å². The van der Waals surface area contributed by atoms with E-state index in [1.165, 1.54) is 64.2 Å². The predicted octanol–water partition coefficient (Wildman–Crippen LogP) is 10.2. The lowest BCUT2D eigenvalue weighted by Crippen LogP contribution is -2.62. The minimum Gasteiger partial charge on any atom is -0.413 e. The Morgan fingerprint density at radius 1 is 0.872 bits per heavy atom. The normalized spacial score (nSPS) is 47.7. The van der Waals surface area contributed by atoms with Gasteiger partial charge in [-0.1, -0.05) is 88.5 Å². The highest BCUT2D eigenvalue weighted by Crippen LogP contribution is 2.89. The van der Waals surface area contributed by atoms with E-state index in [-0.39, 0.29) is 22.0 Å². The molecule has 5 rings (SSSR count). The van der Waals surface area contributed by atoms with Crippen LogP contribution in [0.25, 0.3) is 0 Å². The average Bonchev–Trinajstić information content (AvgIpc) is 3.36. The van der Waals surface area contributed by atoms with E-state index in [4.69, 9.17) is 4.43 Å². The summed E-state index contributed by atoms with van der Waals surface area (Å²) in [5, 5.41) is 12.5. The molecule has 0 bridgehead atoms. The first-order valence-electron chi connectivity index (χ1n) is 17.1. The zero-order valence-electron chi connectivity index (χ0n) is 28.2. The molecule has 1 N–H and O–H groups in total. The molecule has 10 atom stereocenters. The fraction of sp³-hybridized carbons (Fsp3) is 1.00. The van der Waals surface area contributed by atoms with E-state index in [2.05, 4.69) is 82.3 Å². The molecule has 0 saturated heterocycles. The molecular formula is C36H66O2Si. The lowest BCUT2D eigenvalue weighted by atomic mass is 9.41. The molecule has 3 heteroatoms. The van der Waals surface area contributed by atoms with Gasteiger partial charge in [0.1, 0.15) is 0 Å². The molecular weight excluding hydrogens is 492 g/mol. The monoisotopic (exact) mass is 558 g/mol. The first-order valence-corrected chi connectivity index (χ1v) is 20.1. The Balaban J connectivity index is 1.39. The Bertz CT molecular complexity index is 933. The van der Waals surface area contributed by atoms with Crippen LogP contribution in [-0.4, -0.2) is 25.6 Å². The van der Waals surface area contributed by atoms with Gasteiger partial charge in [0.05, 0.1) is 12.2 Å². The van der Waals surface area contributed by atoms with Crippen LogP contribution in [0.4, 0.5) is 0 Å². The van der Waals surface area contributed by atoms with Gasteiger partial charge in [-0.25, -0.2) is 0 Å². The third-order valence-electron chi connectivity index (χ3n) is 15.4. The molecule has 5 fully saturated rings. The van der Waals surface area contributed by atoms with Crippen molar-refractivity contribution in [2.24, 2.45) is 56.7 Å². The molecule has 5 aliphatic carbocycles. The van der Waals surface area contributed by atoms with E-state index < -0.39 is 8.32 Å². The molecule has 5 saturated carbocycles. The zero-order valence-corrected chi connectivity index (χ0v) is 29.2. The quantitative estimate of drug-likeness (QED) is 0.315. The van der Waals surface area contributed by atoms with Crippen LogP contribution in [0.2, 0.25) is 18.1 Å². The highest BCUT2D eigenvalue weighted by atomic mass is 28.4. The van der Waals surface area contributed by atoms with Crippen molar-refractivity contribution in [2.75, 3.05) is 0 Å². The van der Waals surface area contributed by atoms with Crippen molar-refractivity contribution >= 4 is 8.32 Å². The van der Waals surface area contributed by atoms with E-state index in [1.807, 2.05) is 0 Å². The summed E-state index contributed by atoms with van der Waals surface area (Å²) in [4.78, 5) is 0. The lowest BCUT2D eigenvalue weighted by Gasteiger charge is -2.65. The van der Waals surface area contributed by atoms with Crippen molar-refractivity contribution in [3.8, 4) is 0 Å². The van der Waals surface area contributed by atoms with E-state index in [0.717, 1.165) is 24.2 Å². The number of hydrogen-bond acceptors (Lipinski definition) is 2. The Morgan fingerprint density at radius 2 is 1.54 bits per heavy atom. The molecule has 0 aromatic heterocycles. The molecule has 2 nitrogen and oxygen atoms in total. The Hall–Kier alpha value is 0.137. The van der Waals surface area contributed by atoms with Gasteiger partial charge >= 0.3 is 0 Å². The zero-order chi connectivity index (χ0) is 29.0. The van der Waals surface area contributed by atoms with Crippen LogP contribution >= 0.6 is 0 Å². The third kappa shape index (κ3) is 4.18. The van der Waals surface area contributed by atoms with Crippen LogP contribution in [0.3, 0.4) is 0 Å². The van der Waals surface area contributed by atoms with Gasteiger partial charge in [0, 0.05) is 0 Å². The minimum atomic E-state index is -1.84. The van der Waals surface area contributed by atoms with Gasteiger partial charge in [-0.2, -0.15) is 0 Å². The summed E-state index contributed by atoms with van der Waals surface area (Å²) >= 11 is 0. The van der Waals surface area contributed by atoms with Crippen LogP contribution in [0, 0.1) is 56.7 Å². The Labute approximate surface area is 244 Å². The first kappa shape index (κ1) is 30.6. The largest absolute Gasteiger partial charge is 0.413 e. The summed E-state index contributed by atoms with van der Waals surface area (Å²) in [5.74, 6) is 3.56. The summed E-state index contributed by atoms with van der Waals surface area (Å²) in [6.45, 7) is 29.7. The molecule has 0 aromatic rings. The van der Waals surface area contributed by atoms with Crippen molar-refractivity contribution in [1.29, 1.82) is 0 Å². The van der Waals surface area contributed by atoms with Crippen molar-refractivity contribution in [1.82, 2.24) is 0 Å². The van der Waals surface area contributed by atoms with Gasteiger partial charge in [0.15, 0.2) is 8.32 Å². The summed E-state index contributed by atoms with van der Waals surface area (Å²) in [6, 6.07) is 0. The Morgan fingerprint density at radius 3 is 2.15 bits per heavy atom. The standard InChI is InChI=1S/C36H66O2Si/c1-24(2)14-13-15-25(3)26-16-18-34(10)30-27(37)22-28-32(7,8)29(38-39(11,12)31(4,5)6)17-19-35(28)23-36(30,35)21-20-33(26,34)9/h24-30,37H,13-23H2,1-12H3/t25-,26-,27?,28+,29?,30+,33-,34+,35-,36-/m1/s1. The van der Waals surface area contributed by atoms with Gasteiger partial charge in [0.25, 0.3) is 0 Å². The molecule has 0 radical (unpaired) electrons. The van der Waals surface area contributed by atoms with Crippen molar-refractivity contribution < 1.29 is 9.53 Å². The van der Waals surface area contributed by atoms with E-state index in [9.17, 15) is 5.11 Å². The highest BCUT2D eigenvalue weighted by molar-refractivity contribution is 6.74. The van der Waals surface area contributed by atoms with Crippen molar-refractivity contribution in [2.45, 2.75) is 170 Å². The molecule has 0 aliphatic heterocycles. The second kappa shape index (κ2) is 9.32. The second-order valence-corrected chi connectivity index (χ2v) is 23.6. The predicted molar refractivity (Wildman–Crippen MR) is 168 cm³/mol. The summed E-state index contributed by atoms with van der Waals surface area (Å²) in [6.07, 6.45) is 14.8. The van der Waals surface area contributed by atoms with Gasteiger partial charge in [-0.05, 0) is 126 Å². The summed E-state index contributed by atoms with van der Waals surface area (Å²) in [7, 11) is -1.84. The first-order chi connectivity index (χ1) is 17.8. The van der Waals surface area contributed by atoms with Crippen LogP contribution < -0.4 is 0 Å². The fourth-order valence-electron chi connectivity index (χ4n) is 12.1. The topological polar surface area (TPSA) is 29.5 Å². The lowest BCUT2D eigenvalue weighted by molar-refractivity contribution is -0.199. The number of aliphatic hydroxyl groups is 1. The van der Waals surface area contributed by atoms with Crippen LogP contribution in [0.5, 0.6) is 0 Å². The maximum atomic E-state index is 12.2. The SMILES string of the molecule is CC(C)CCC[C@@H](C)[C@H]1CC[C@@]2(C)[C@@H]3C(O)C[C@H]4C(C)(C)C(O[Si](C)(C)C(C)(C)C)CC[C@@]45C[C@]35CC[C@]12C. The molecule has 2 unspecified atom stereocenters. The maximum Gasteiger partial charge on any atom is 0.192 e. The van der Waals surface area contributed by atoms with Gasteiger partial charge in [-0.15, -0.1) is 0 Å². The molecule has 0 amide bonds. The fourth-order valence-corrected chi connectivity index (χ4v) is 13.6. The van der Waals surface area contributed by atoms with Crippen LogP contribution in [0.1, 0.15) is 140 Å². The number of rotatable bonds is 7. The molecule has 0 aromatic carbocycles. The highest BCUT2D eigenvalue weighted by Gasteiger charge is 2.84. The van der Waals surface area contributed by atoms with Crippen molar-refractivity contribution in [3.05, 3.63) is 0 Å². The van der Waals surface area contributed by atoms with E-state index in [0.29, 0.717) is 34.2 Å². The molecule has 226 valence electrons. The smallest absolute Gasteiger partial charge is 0.192 e. The summed E-state index contributed by atoms with van der Waals surface area (Å²) < 4.78 is 7.19. The van der Waals surface area contributed by atoms with Crippen LogP contribution in [0.15, 0.2) is 0 Å². The minimum absolute atomic E-state index is 0.133. The number of aliphatic hydroxyl groups excluding tert-OH is 1. The second-order valence-electron chi connectivity index (χ2n) is 18.8. The van der Waals surface area contributed by atoms with E-state index in [1.54, 1.807) is 0 Å². The maximum absolute atomic E-state index is 12.2. The Kier molecular flexibility index (Phi) is 7.31. The van der Waals surface area contributed by atoms with Gasteiger partial charge < -0.3 is 9.53 Å². The summed E-state index contributed by atoms with van der Waals surface area (Å²) in [5.41, 5.74) is 1.65. The average molecular weight is 559 g/mol. The number of fused-ring (bicyclic) bond motifs is 2. The van der Waals surface area contributed by atoms with Gasteiger partial charge in [-0.3, -0.25) is 0 Å². The number of hydrogen-bond donors (Lipinski definition) is 1. The molecule has 5 aliphatic rings. The third-order valence-corrected chi connectivity index (χ3v) is 19.9. The van der Waals surface area contributed by atoms with Crippen molar-refractivity contribution in [3.63, 3.8) is 0 Å². The molecule has 2 spiro atoms.